The first-order valence-electron chi connectivity index (χ1n) is 11.3. The number of hydrogen-bond acceptors (Lipinski definition) is 4. The number of amides is 2. The van der Waals surface area contributed by atoms with Crippen LogP contribution in [-0.2, 0) is 15.0 Å². The number of hydrazone groups is 1. The Kier molecular flexibility index (Phi) is 6.58. The Morgan fingerprint density at radius 3 is 2.41 bits per heavy atom. The molecule has 2 aromatic carbocycles. The topological polar surface area (TPSA) is 79.6 Å². The molecular weight excluding hydrogens is 433 g/mol. The van der Waals surface area contributed by atoms with Crippen LogP contribution in [0, 0.1) is 5.82 Å². The molecule has 2 amide bonds. The van der Waals surface area contributed by atoms with Gasteiger partial charge in [0.2, 0.25) is 11.8 Å². The highest BCUT2D eigenvalue weighted by Gasteiger charge is 2.24. The summed E-state index contributed by atoms with van der Waals surface area (Å²) in [4.78, 5) is 25.3. The van der Waals surface area contributed by atoms with Crippen LogP contribution in [0.5, 0.6) is 0 Å². The highest BCUT2D eigenvalue weighted by molar-refractivity contribution is 6.02. The average Bonchev–Trinajstić information content (AvgIpc) is 3.47. The van der Waals surface area contributed by atoms with Gasteiger partial charge >= 0.3 is 0 Å². The number of nitrogens with one attached hydrogen (secondary N) is 1. The van der Waals surface area contributed by atoms with Crippen molar-refractivity contribution in [2.45, 2.75) is 45.4 Å². The van der Waals surface area contributed by atoms with E-state index in [1.54, 1.807) is 22.9 Å². The number of hydrogen-bond donors (Lipinski definition) is 1. The number of benzene rings is 2. The zero-order chi connectivity index (χ0) is 24.3. The summed E-state index contributed by atoms with van der Waals surface area (Å²) in [5.74, 6) is -0.373. The van der Waals surface area contributed by atoms with Gasteiger partial charge in [-0.15, -0.1) is 0 Å². The largest absolute Gasteiger partial charge is 0.311 e. The molecule has 1 aliphatic rings. The molecule has 1 N–H and O–H groups in total. The molecule has 0 radical (unpaired) electrons. The summed E-state index contributed by atoms with van der Waals surface area (Å²) >= 11 is 0. The smallest absolute Gasteiger partial charge is 0.243 e. The van der Waals surface area contributed by atoms with Crippen molar-refractivity contribution in [3.8, 4) is 5.69 Å². The van der Waals surface area contributed by atoms with Crippen molar-refractivity contribution in [2.75, 3.05) is 11.9 Å². The van der Waals surface area contributed by atoms with E-state index in [1.165, 1.54) is 17.1 Å². The van der Waals surface area contributed by atoms with Crippen LogP contribution < -0.4 is 5.32 Å². The zero-order valence-electron chi connectivity index (χ0n) is 19.6. The van der Waals surface area contributed by atoms with Gasteiger partial charge < -0.3 is 5.32 Å². The molecule has 2 heterocycles. The molecule has 176 valence electrons. The summed E-state index contributed by atoms with van der Waals surface area (Å²) in [6.07, 6.45) is 0.758. The van der Waals surface area contributed by atoms with Gasteiger partial charge in [-0.25, -0.2) is 14.1 Å². The number of anilines is 1. The second-order valence-electron chi connectivity index (χ2n) is 9.28. The molecule has 0 bridgehead atoms. The van der Waals surface area contributed by atoms with E-state index in [2.05, 4.69) is 15.5 Å². The molecule has 1 aromatic heterocycles. The summed E-state index contributed by atoms with van der Waals surface area (Å²) in [5, 5.41) is 13.4. The number of nitrogens with zero attached hydrogens (tertiary/aromatic N) is 4. The number of rotatable bonds is 6. The van der Waals surface area contributed by atoms with Crippen LogP contribution in [0.4, 0.5) is 10.2 Å². The van der Waals surface area contributed by atoms with E-state index in [1.807, 2.05) is 51.1 Å². The first-order chi connectivity index (χ1) is 16.2. The van der Waals surface area contributed by atoms with Crippen molar-refractivity contribution in [2.24, 2.45) is 5.10 Å². The third-order valence-corrected chi connectivity index (χ3v) is 5.58. The summed E-state index contributed by atoms with van der Waals surface area (Å²) in [6.45, 7) is 6.58. The molecular formula is C26H28FN5O2. The zero-order valence-corrected chi connectivity index (χ0v) is 19.6. The quantitative estimate of drug-likeness (QED) is 0.580. The molecule has 0 spiro atoms. The minimum absolute atomic E-state index is 0.0188. The second kappa shape index (κ2) is 9.59. The van der Waals surface area contributed by atoms with Gasteiger partial charge in [0.1, 0.15) is 11.6 Å². The maximum atomic E-state index is 13.4. The Hall–Kier alpha value is -3.81. The van der Waals surface area contributed by atoms with Crippen LogP contribution in [0.1, 0.15) is 51.3 Å². The van der Waals surface area contributed by atoms with Crippen molar-refractivity contribution < 1.29 is 14.0 Å². The summed E-state index contributed by atoms with van der Waals surface area (Å²) in [5.41, 5.74) is 3.03. The first-order valence-corrected chi connectivity index (χ1v) is 11.3. The van der Waals surface area contributed by atoms with E-state index >= 15 is 0 Å². The molecule has 3 aromatic rings. The van der Waals surface area contributed by atoms with Crippen LogP contribution in [0.2, 0.25) is 0 Å². The SMILES string of the molecule is CC(C)(C)c1cc(NC(=O)CCC(=O)N2CCC(c3ccccc3)=N2)n(-c2ccc(F)cc2)n1. The summed E-state index contributed by atoms with van der Waals surface area (Å²) in [6, 6.07) is 17.5. The Morgan fingerprint density at radius 1 is 1.03 bits per heavy atom. The number of halogens is 1. The molecule has 8 heteroatoms. The first kappa shape index (κ1) is 23.4. The fourth-order valence-electron chi connectivity index (χ4n) is 3.64. The molecule has 7 nitrogen and oxygen atoms in total. The lowest BCUT2D eigenvalue weighted by Gasteiger charge is -2.14. The van der Waals surface area contributed by atoms with Gasteiger partial charge in [0.05, 0.1) is 23.6 Å². The molecule has 0 aliphatic carbocycles. The normalized spacial score (nSPS) is 13.6. The van der Waals surface area contributed by atoms with Crippen molar-refractivity contribution >= 4 is 23.3 Å². The Bertz CT molecular complexity index is 1210. The minimum Gasteiger partial charge on any atom is -0.311 e. The van der Waals surface area contributed by atoms with E-state index in [9.17, 15) is 14.0 Å². The molecule has 4 rings (SSSR count). The maximum Gasteiger partial charge on any atom is 0.243 e. The Labute approximate surface area is 198 Å². The van der Waals surface area contributed by atoms with E-state index in [0.29, 0.717) is 24.5 Å². The van der Waals surface area contributed by atoms with Crippen LogP contribution >= 0.6 is 0 Å². The van der Waals surface area contributed by atoms with Gasteiger partial charge in [0.25, 0.3) is 0 Å². The van der Waals surface area contributed by atoms with E-state index < -0.39 is 0 Å². The van der Waals surface area contributed by atoms with Crippen LogP contribution in [0.15, 0.2) is 65.8 Å². The van der Waals surface area contributed by atoms with E-state index in [0.717, 1.165) is 17.0 Å². The molecule has 0 saturated heterocycles. The van der Waals surface area contributed by atoms with Crippen LogP contribution in [0.25, 0.3) is 5.69 Å². The fourth-order valence-corrected chi connectivity index (χ4v) is 3.64. The molecule has 1 aliphatic heterocycles. The van der Waals surface area contributed by atoms with Gasteiger partial charge in [0.15, 0.2) is 0 Å². The van der Waals surface area contributed by atoms with E-state index in [-0.39, 0.29) is 35.9 Å². The molecule has 0 unspecified atom stereocenters. The van der Waals surface area contributed by atoms with Gasteiger partial charge in [-0.2, -0.15) is 10.2 Å². The van der Waals surface area contributed by atoms with Gasteiger partial charge in [-0.05, 0) is 29.8 Å². The highest BCUT2D eigenvalue weighted by Crippen LogP contribution is 2.26. The molecule has 0 fully saturated rings. The van der Waals surface area contributed by atoms with Gasteiger partial charge in [-0.1, -0.05) is 51.1 Å². The van der Waals surface area contributed by atoms with Crippen molar-refractivity contribution in [1.29, 1.82) is 0 Å². The Balaban J connectivity index is 1.42. The predicted octanol–water partition coefficient (Wildman–Crippen LogP) is 4.66. The number of carbonyl (C=O) groups excluding carboxylic acids is 2. The average molecular weight is 462 g/mol. The maximum absolute atomic E-state index is 13.4. The van der Waals surface area contributed by atoms with Crippen molar-refractivity contribution in [3.63, 3.8) is 0 Å². The number of carbonyl (C=O) groups is 2. The summed E-state index contributed by atoms with van der Waals surface area (Å²) in [7, 11) is 0. The molecule has 34 heavy (non-hydrogen) atoms. The van der Waals surface area contributed by atoms with Crippen molar-refractivity contribution in [1.82, 2.24) is 14.8 Å². The second-order valence-corrected chi connectivity index (χ2v) is 9.28. The Morgan fingerprint density at radius 2 is 1.74 bits per heavy atom. The van der Waals surface area contributed by atoms with Crippen molar-refractivity contribution in [3.05, 3.63) is 77.7 Å². The van der Waals surface area contributed by atoms with Crippen LogP contribution in [-0.4, -0.2) is 38.9 Å². The monoisotopic (exact) mass is 461 g/mol. The number of aromatic nitrogens is 2. The molecule has 0 saturated carbocycles. The predicted molar refractivity (Wildman–Crippen MR) is 129 cm³/mol. The van der Waals surface area contributed by atoms with Gasteiger partial charge in [0, 0.05) is 30.7 Å². The van der Waals surface area contributed by atoms with Gasteiger partial charge in [-0.3, -0.25) is 9.59 Å². The highest BCUT2D eigenvalue weighted by atomic mass is 19.1. The fraction of sp³-hybridized carbons (Fsp3) is 0.308. The van der Waals surface area contributed by atoms with E-state index in [4.69, 9.17) is 0 Å². The third-order valence-electron chi connectivity index (χ3n) is 5.58. The minimum atomic E-state index is -0.351. The third kappa shape index (κ3) is 5.39. The molecule has 0 atom stereocenters. The lowest BCUT2D eigenvalue weighted by atomic mass is 9.92. The lowest BCUT2D eigenvalue weighted by Crippen LogP contribution is -2.25. The standard InChI is InChI=1S/C26H28FN5O2/c1-26(2,3)22-17-23(32(30-22)20-11-9-19(27)10-12-20)28-24(33)13-14-25(34)31-16-15-21(29-31)18-7-5-4-6-8-18/h4-12,17H,13-16H2,1-3H3,(H,28,33). The lowest BCUT2D eigenvalue weighted by molar-refractivity contribution is -0.132. The van der Waals surface area contributed by atoms with Crippen LogP contribution in [0.3, 0.4) is 0 Å². The summed E-state index contributed by atoms with van der Waals surface area (Å²) < 4.78 is 15.0.